The summed E-state index contributed by atoms with van der Waals surface area (Å²) >= 11 is 0. The Balaban J connectivity index is 2.55. The van der Waals surface area contributed by atoms with Gasteiger partial charge in [0.25, 0.3) is 0 Å². The van der Waals surface area contributed by atoms with Gasteiger partial charge in [0, 0.05) is 13.0 Å². The van der Waals surface area contributed by atoms with E-state index in [-0.39, 0.29) is 6.61 Å². The van der Waals surface area contributed by atoms with Crippen molar-refractivity contribution < 1.29 is 10.2 Å². The molecule has 0 aliphatic carbocycles. The number of hydrogen-bond acceptors (Lipinski definition) is 4. The summed E-state index contributed by atoms with van der Waals surface area (Å²) in [5.41, 5.74) is 5.10. The monoisotopic (exact) mass is 146 g/mol. The van der Waals surface area contributed by atoms with Gasteiger partial charge in [-0.15, -0.1) is 0 Å². The highest BCUT2D eigenvalue weighted by molar-refractivity contribution is 4.94. The highest BCUT2D eigenvalue weighted by Crippen LogP contribution is 2.20. The first-order valence-corrected chi connectivity index (χ1v) is 3.35. The lowest BCUT2D eigenvalue weighted by molar-refractivity contribution is 0.0566. The fourth-order valence-corrected chi connectivity index (χ4v) is 1.30. The second-order valence-electron chi connectivity index (χ2n) is 3.12. The Bertz CT molecular complexity index is 119. The van der Waals surface area contributed by atoms with E-state index in [1.807, 2.05) is 0 Å². The summed E-state index contributed by atoms with van der Waals surface area (Å²) < 4.78 is 0. The van der Waals surface area contributed by atoms with Crippen molar-refractivity contribution in [2.24, 2.45) is 5.73 Å². The molecule has 0 saturated carbocycles. The molecule has 4 N–H and O–H groups in total. The number of nitrogens with zero attached hydrogens (tertiary/aromatic N) is 1. The molecule has 4 nitrogen and oxygen atoms in total. The van der Waals surface area contributed by atoms with Gasteiger partial charge in [0.2, 0.25) is 0 Å². The molecular weight excluding hydrogens is 132 g/mol. The van der Waals surface area contributed by atoms with Crippen LogP contribution in [-0.2, 0) is 0 Å². The average molecular weight is 146 g/mol. The molecule has 1 rings (SSSR count). The van der Waals surface area contributed by atoms with E-state index in [1.165, 1.54) is 0 Å². The molecule has 1 saturated heterocycles. The van der Waals surface area contributed by atoms with E-state index < -0.39 is 11.8 Å². The third-order valence-electron chi connectivity index (χ3n) is 1.98. The maximum Gasteiger partial charge on any atom is 0.109 e. The normalized spacial score (nSPS) is 42.6. The average Bonchev–Trinajstić information content (AvgIpc) is 2.10. The van der Waals surface area contributed by atoms with Crippen molar-refractivity contribution in [1.82, 2.24) is 4.90 Å². The van der Waals surface area contributed by atoms with Gasteiger partial charge in [0.1, 0.15) is 6.23 Å². The predicted octanol–water partition coefficient (Wildman–Crippen LogP) is -1.67. The van der Waals surface area contributed by atoms with E-state index >= 15 is 0 Å². The standard InChI is InChI=1S/C6H14N2O2/c1-8-3-6(7,4-9)2-5(8)10/h5,9-10H,2-4,7H2,1H3. The van der Waals surface area contributed by atoms with Gasteiger partial charge in [-0.25, -0.2) is 0 Å². The van der Waals surface area contributed by atoms with Crippen LogP contribution in [0.4, 0.5) is 0 Å². The molecule has 4 heteroatoms. The number of likely N-dealkylation sites (N-methyl/N-ethyl adjacent to an activating group) is 1. The fourth-order valence-electron chi connectivity index (χ4n) is 1.30. The number of rotatable bonds is 1. The fraction of sp³-hybridized carbons (Fsp3) is 1.00. The summed E-state index contributed by atoms with van der Waals surface area (Å²) in [6.07, 6.45) is -0.0304. The van der Waals surface area contributed by atoms with Crippen LogP contribution in [-0.4, -0.2) is 47.1 Å². The molecule has 0 bridgehead atoms. The zero-order chi connectivity index (χ0) is 7.78. The van der Waals surface area contributed by atoms with Crippen LogP contribution in [0.3, 0.4) is 0 Å². The van der Waals surface area contributed by atoms with Crippen molar-refractivity contribution in [3.8, 4) is 0 Å². The van der Waals surface area contributed by atoms with Gasteiger partial charge in [-0.1, -0.05) is 0 Å². The summed E-state index contributed by atoms with van der Waals surface area (Å²) in [4.78, 5) is 1.73. The van der Waals surface area contributed by atoms with Crippen molar-refractivity contribution in [1.29, 1.82) is 0 Å². The van der Waals surface area contributed by atoms with E-state index in [2.05, 4.69) is 0 Å². The summed E-state index contributed by atoms with van der Waals surface area (Å²) in [6.45, 7) is 0.499. The zero-order valence-corrected chi connectivity index (χ0v) is 6.12. The molecule has 1 aliphatic heterocycles. The Kier molecular flexibility index (Phi) is 1.96. The molecule has 0 amide bonds. The number of likely N-dealkylation sites (tertiary alicyclic amines) is 1. The molecule has 1 fully saturated rings. The van der Waals surface area contributed by atoms with Crippen LogP contribution in [0.15, 0.2) is 0 Å². The molecule has 0 radical (unpaired) electrons. The summed E-state index contributed by atoms with van der Waals surface area (Å²) in [7, 11) is 1.79. The van der Waals surface area contributed by atoms with E-state index in [4.69, 9.17) is 10.8 Å². The lowest BCUT2D eigenvalue weighted by atomic mass is 10.0. The second kappa shape index (κ2) is 2.47. The largest absolute Gasteiger partial charge is 0.394 e. The second-order valence-corrected chi connectivity index (χ2v) is 3.12. The lowest BCUT2D eigenvalue weighted by Crippen LogP contribution is -2.45. The van der Waals surface area contributed by atoms with Crippen LogP contribution in [0.5, 0.6) is 0 Å². The third-order valence-corrected chi connectivity index (χ3v) is 1.98. The minimum Gasteiger partial charge on any atom is -0.394 e. The Morgan fingerprint density at radius 1 is 1.80 bits per heavy atom. The van der Waals surface area contributed by atoms with Gasteiger partial charge in [-0.05, 0) is 7.05 Å². The van der Waals surface area contributed by atoms with Crippen LogP contribution >= 0.6 is 0 Å². The van der Waals surface area contributed by atoms with Crippen LogP contribution in [0.1, 0.15) is 6.42 Å². The minimum absolute atomic E-state index is 0.0611. The first kappa shape index (κ1) is 7.94. The van der Waals surface area contributed by atoms with Crippen molar-refractivity contribution in [3.63, 3.8) is 0 Å². The molecule has 2 unspecified atom stereocenters. The van der Waals surface area contributed by atoms with Gasteiger partial charge < -0.3 is 15.9 Å². The van der Waals surface area contributed by atoms with Crippen LogP contribution < -0.4 is 5.73 Å². The summed E-state index contributed by atoms with van der Waals surface area (Å²) in [6, 6.07) is 0. The predicted molar refractivity (Wildman–Crippen MR) is 37.3 cm³/mol. The van der Waals surface area contributed by atoms with Crippen molar-refractivity contribution >= 4 is 0 Å². The van der Waals surface area contributed by atoms with Gasteiger partial charge >= 0.3 is 0 Å². The molecule has 60 valence electrons. The molecule has 1 aliphatic rings. The molecule has 2 atom stereocenters. The lowest BCUT2D eigenvalue weighted by Gasteiger charge is -2.19. The van der Waals surface area contributed by atoms with E-state index in [1.54, 1.807) is 11.9 Å². The minimum atomic E-state index is -0.589. The topological polar surface area (TPSA) is 69.7 Å². The van der Waals surface area contributed by atoms with Crippen molar-refractivity contribution in [2.45, 2.75) is 18.2 Å². The Morgan fingerprint density at radius 3 is 2.60 bits per heavy atom. The summed E-state index contributed by atoms with van der Waals surface area (Å²) in [5.74, 6) is 0. The maximum absolute atomic E-state index is 9.20. The van der Waals surface area contributed by atoms with Crippen molar-refractivity contribution in [2.75, 3.05) is 20.2 Å². The van der Waals surface area contributed by atoms with E-state index in [0.717, 1.165) is 0 Å². The molecule has 0 aromatic rings. The number of nitrogens with two attached hydrogens (primary N) is 1. The number of aliphatic hydroxyl groups excluding tert-OH is 2. The van der Waals surface area contributed by atoms with Gasteiger partial charge in [-0.3, -0.25) is 4.90 Å². The van der Waals surface area contributed by atoms with Gasteiger partial charge in [-0.2, -0.15) is 0 Å². The summed E-state index contributed by atoms with van der Waals surface area (Å²) in [5, 5.41) is 18.0. The van der Waals surface area contributed by atoms with Gasteiger partial charge in [0.05, 0.1) is 12.1 Å². The molecule has 1 heterocycles. The third kappa shape index (κ3) is 1.29. The van der Waals surface area contributed by atoms with Crippen LogP contribution in [0, 0.1) is 0 Å². The quantitative estimate of drug-likeness (QED) is 0.414. The highest BCUT2D eigenvalue weighted by atomic mass is 16.3. The SMILES string of the molecule is CN1CC(N)(CO)CC1O. The van der Waals surface area contributed by atoms with E-state index in [0.29, 0.717) is 13.0 Å². The Hall–Kier alpha value is -0.160. The molecular formula is C6H14N2O2. The highest BCUT2D eigenvalue weighted by Gasteiger charge is 2.37. The Morgan fingerprint density at radius 2 is 2.40 bits per heavy atom. The van der Waals surface area contributed by atoms with Crippen molar-refractivity contribution in [3.05, 3.63) is 0 Å². The van der Waals surface area contributed by atoms with Crippen LogP contribution in [0.2, 0.25) is 0 Å². The molecule has 10 heavy (non-hydrogen) atoms. The number of hydrogen-bond donors (Lipinski definition) is 3. The first-order chi connectivity index (χ1) is 4.57. The molecule has 0 aromatic carbocycles. The van der Waals surface area contributed by atoms with E-state index in [9.17, 15) is 5.11 Å². The molecule has 0 aromatic heterocycles. The zero-order valence-electron chi connectivity index (χ0n) is 6.12. The molecule has 0 spiro atoms. The smallest absolute Gasteiger partial charge is 0.109 e. The first-order valence-electron chi connectivity index (χ1n) is 3.35. The van der Waals surface area contributed by atoms with Gasteiger partial charge in [0.15, 0.2) is 0 Å². The Labute approximate surface area is 60.2 Å². The van der Waals surface area contributed by atoms with Crippen LogP contribution in [0.25, 0.3) is 0 Å². The maximum atomic E-state index is 9.20. The number of aliphatic hydroxyl groups is 2.